The molecular weight excluding hydrogens is 419 g/mol. The van der Waals surface area contributed by atoms with E-state index in [2.05, 4.69) is 53.1 Å². The average Bonchev–Trinajstić information content (AvgIpc) is 2.54. The Bertz CT molecular complexity index is 718. The third-order valence-corrected chi connectivity index (χ3v) is 4.84. The molecule has 5 heteroatoms. The zero-order valence-corrected chi connectivity index (χ0v) is 16.1. The first kappa shape index (κ1) is 17.9. The van der Waals surface area contributed by atoms with E-state index in [-0.39, 0.29) is 5.91 Å². The summed E-state index contributed by atoms with van der Waals surface area (Å²) in [4.78, 5) is 12.3. The lowest BCUT2D eigenvalue weighted by Gasteiger charge is -2.17. The van der Waals surface area contributed by atoms with Crippen molar-refractivity contribution >= 4 is 51.5 Å². The van der Waals surface area contributed by atoms with Crippen molar-refractivity contribution < 1.29 is 4.79 Å². The molecule has 1 atom stereocenters. The summed E-state index contributed by atoms with van der Waals surface area (Å²) >= 11 is 7.43. The highest BCUT2D eigenvalue weighted by Gasteiger charge is 2.13. The van der Waals surface area contributed by atoms with Crippen molar-refractivity contribution in [2.24, 2.45) is 0 Å². The molecule has 23 heavy (non-hydrogen) atoms. The van der Waals surface area contributed by atoms with Gasteiger partial charge in [-0.2, -0.15) is 0 Å². The predicted molar refractivity (Wildman–Crippen MR) is 108 cm³/mol. The zero-order valence-electron chi connectivity index (χ0n) is 13.1. The Morgan fingerprint density at radius 3 is 2.52 bits per heavy atom. The van der Waals surface area contributed by atoms with Crippen LogP contribution in [0, 0.1) is 3.57 Å². The summed E-state index contributed by atoms with van der Waals surface area (Å²) < 4.78 is 0.894. The Balaban J connectivity index is 2.09. The number of hydrogen-bond donors (Lipinski definition) is 2. The van der Waals surface area contributed by atoms with Gasteiger partial charge in [-0.15, -0.1) is 0 Å². The summed E-state index contributed by atoms with van der Waals surface area (Å²) in [5.41, 5.74) is 2.75. The first-order chi connectivity index (χ1) is 11.0. The Labute approximate surface area is 156 Å². The molecule has 2 rings (SSSR count). The van der Waals surface area contributed by atoms with Gasteiger partial charge in [0.05, 0.1) is 5.56 Å². The third-order valence-electron chi connectivity index (χ3n) is 3.70. The molecule has 0 aliphatic rings. The fraction of sp³-hybridized carbons (Fsp3) is 0.222. The van der Waals surface area contributed by atoms with Crippen LogP contribution in [0.2, 0.25) is 0 Å². The minimum Gasteiger partial charge on any atom is -0.332 e. The van der Waals surface area contributed by atoms with Crippen LogP contribution in [0.3, 0.4) is 0 Å². The third kappa shape index (κ3) is 4.75. The van der Waals surface area contributed by atoms with Crippen molar-refractivity contribution in [2.75, 3.05) is 5.32 Å². The van der Waals surface area contributed by atoms with Gasteiger partial charge >= 0.3 is 0 Å². The molecule has 2 aromatic rings. The van der Waals surface area contributed by atoms with E-state index in [0.29, 0.717) is 16.6 Å². The number of amides is 1. The van der Waals surface area contributed by atoms with Gasteiger partial charge in [0.2, 0.25) is 0 Å². The fourth-order valence-electron chi connectivity index (χ4n) is 2.23. The maximum absolute atomic E-state index is 12.3. The van der Waals surface area contributed by atoms with Gasteiger partial charge < -0.3 is 5.32 Å². The number of rotatable bonds is 4. The monoisotopic (exact) mass is 438 g/mol. The molecule has 2 aromatic carbocycles. The second-order valence-corrected chi connectivity index (χ2v) is 6.86. The number of nitrogens with one attached hydrogen (secondary N) is 2. The average molecular weight is 438 g/mol. The molecule has 0 radical (unpaired) electrons. The van der Waals surface area contributed by atoms with Crippen molar-refractivity contribution in [3.8, 4) is 0 Å². The van der Waals surface area contributed by atoms with Gasteiger partial charge in [-0.3, -0.25) is 10.1 Å². The van der Waals surface area contributed by atoms with Crippen molar-refractivity contribution in [1.29, 1.82) is 0 Å². The molecule has 0 fully saturated rings. The van der Waals surface area contributed by atoms with Gasteiger partial charge in [0.1, 0.15) is 0 Å². The predicted octanol–water partition coefficient (Wildman–Crippen LogP) is 4.93. The van der Waals surface area contributed by atoms with E-state index >= 15 is 0 Å². The molecule has 0 aliphatic carbocycles. The maximum Gasteiger partial charge on any atom is 0.258 e. The van der Waals surface area contributed by atoms with Crippen molar-refractivity contribution in [3.63, 3.8) is 0 Å². The number of para-hydroxylation sites is 1. The SMILES string of the molecule is CCC(C)c1ccccc1NC(=S)NC(=O)c1ccccc1I. The van der Waals surface area contributed by atoms with Gasteiger partial charge in [0.25, 0.3) is 5.91 Å². The fourth-order valence-corrected chi connectivity index (χ4v) is 3.06. The Morgan fingerprint density at radius 2 is 1.83 bits per heavy atom. The Hall–Kier alpha value is -1.47. The van der Waals surface area contributed by atoms with Gasteiger partial charge in [-0.25, -0.2) is 0 Å². The summed E-state index contributed by atoms with van der Waals surface area (Å²) in [5.74, 6) is 0.223. The van der Waals surface area contributed by atoms with Crippen molar-refractivity contribution in [2.45, 2.75) is 26.2 Å². The molecule has 1 amide bonds. The van der Waals surface area contributed by atoms with Crippen LogP contribution in [-0.4, -0.2) is 11.0 Å². The summed E-state index contributed by atoms with van der Waals surface area (Å²) in [7, 11) is 0. The highest BCUT2D eigenvalue weighted by Crippen LogP contribution is 2.26. The number of halogens is 1. The van der Waals surface area contributed by atoms with E-state index in [0.717, 1.165) is 15.7 Å². The lowest BCUT2D eigenvalue weighted by Crippen LogP contribution is -2.34. The number of hydrogen-bond acceptors (Lipinski definition) is 2. The summed E-state index contributed by atoms with van der Waals surface area (Å²) in [6.07, 6.45) is 1.04. The highest BCUT2D eigenvalue weighted by atomic mass is 127. The number of carbonyl (C=O) groups is 1. The van der Waals surface area contributed by atoms with E-state index < -0.39 is 0 Å². The molecule has 0 bridgehead atoms. The van der Waals surface area contributed by atoms with Gasteiger partial charge in [0.15, 0.2) is 5.11 Å². The van der Waals surface area contributed by atoms with Gasteiger partial charge in [-0.05, 0) is 70.9 Å². The standard InChI is InChI=1S/C18H19IN2OS/c1-3-12(2)13-8-5-7-11-16(13)20-18(23)21-17(22)14-9-4-6-10-15(14)19/h4-12H,3H2,1-2H3,(H2,20,21,22,23). The van der Waals surface area contributed by atoms with Crippen LogP contribution >= 0.6 is 34.8 Å². The first-order valence-corrected chi connectivity index (χ1v) is 8.97. The van der Waals surface area contributed by atoms with Crippen LogP contribution in [0.1, 0.15) is 42.1 Å². The maximum atomic E-state index is 12.3. The highest BCUT2D eigenvalue weighted by molar-refractivity contribution is 14.1. The minimum absolute atomic E-state index is 0.200. The smallest absolute Gasteiger partial charge is 0.258 e. The van der Waals surface area contributed by atoms with Gasteiger partial charge in [-0.1, -0.05) is 44.2 Å². The van der Waals surface area contributed by atoms with Crippen molar-refractivity contribution in [3.05, 3.63) is 63.2 Å². The van der Waals surface area contributed by atoms with E-state index in [1.54, 1.807) is 6.07 Å². The van der Waals surface area contributed by atoms with Gasteiger partial charge in [0, 0.05) is 9.26 Å². The van der Waals surface area contributed by atoms with Crippen LogP contribution in [-0.2, 0) is 0 Å². The number of benzene rings is 2. The molecule has 1 unspecified atom stereocenters. The first-order valence-electron chi connectivity index (χ1n) is 7.48. The molecule has 0 saturated carbocycles. The molecule has 2 N–H and O–H groups in total. The second kappa shape index (κ2) is 8.40. The van der Waals surface area contributed by atoms with Crippen LogP contribution in [0.4, 0.5) is 5.69 Å². The van der Waals surface area contributed by atoms with Crippen LogP contribution in [0.25, 0.3) is 0 Å². The van der Waals surface area contributed by atoms with E-state index in [4.69, 9.17) is 12.2 Å². The summed E-state index contributed by atoms with van der Waals surface area (Å²) in [6, 6.07) is 15.5. The van der Waals surface area contributed by atoms with Crippen LogP contribution < -0.4 is 10.6 Å². The van der Waals surface area contributed by atoms with E-state index in [9.17, 15) is 4.79 Å². The second-order valence-electron chi connectivity index (χ2n) is 5.28. The minimum atomic E-state index is -0.200. The number of anilines is 1. The molecule has 0 aromatic heterocycles. The molecule has 0 aliphatic heterocycles. The topological polar surface area (TPSA) is 41.1 Å². The normalized spacial score (nSPS) is 11.6. The van der Waals surface area contributed by atoms with Crippen LogP contribution in [0.5, 0.6) is 0 Å². The molecular formula is C18H19IN2OS. The Morgan fingerprint density at radius 1 is 1.17 bits per heavy atom. The summed E-state index contributed by atoms with van der Waals surface area (Å²) in [5, 5.41) is 6.20. The zero-order chi connectivity index (χ0) is 16.8. The quantitative estimate of drug-likeness (QED) is 0.526. The lowest BCUT2D eigenvalue weighted by atomic mass is 9.97. The molecule has 0 spiro atoms. The molecule has 0 saturated heterocycles. The van der Waals surface area contributed by atoms with E-state index in [1.807, 2.05) is 36.4 Å². The van der Waals surface area contributed by atoms with Crippen LogP contribution in [0.15, 0.2) is 48.5 Å². The number of carbonyl (C=O) groups excluding carboxylic acids is 1. The molecule has 0 heterocycles. The van der Waals surface area contributed by atoms with Crippen molar-refractivity contribution in [1.82, 2.24) is 5.32 Å². The Kier molecular flexibility index (Phi) is 6.53. The molecule has 3 nitrogen and oxygen atoms in total. The largest absolute Gasteiger partial charge is 0.332 e. The summed E-state index contributed by atoms with van der Waals surface area (Å²) in [6.45, 7) is 4.33. The van der Waals surface area contributed by atoms with E-state index in [1.165, 1.54) is 5.56 Å². The number of thiocarbonyl (C=S) groups is 1. The lowest BCUT2D eigenvalue weighted by molar-refractivity contribution is 0.0977. The molecule has 120 valence electrons.